The van der Waals surface area contributed by atoms with Gasteiger partial charge in [-0.25, -0.2) is 0 Å². The van der Waals surface area contributed by atoms with Crippen LogP contribution >= 0.6 is 0 Å². The highest BCUT2D eigenvalue weighted by molar-refractivity contribution is 5.68. The maximum absolute atomic E-state index is 10.4. The van der Waals surface area contributed by atoms with E-state index in [-0.39, 0.29) is 6.54 Å². The molecule has 14 heavy (non-hydrogen) atoms. The summed E-state index contributed by atoms with van der Waals surface area (Å²) in [6, 6.07) is 0. The molecule has 0 spiro atoms. The first-order chi connectivity index (χ1) is 6.61. The lowest BCUT2D eigenvalue weighted by Crippen LogP contribution is -2.25. The summed E-state index contributed by atoms with van der Waals surface area (Å²) in [6.07, 6.45) is 0.690. The molecule has 6 heteroatoms. The van der Waals surface area contributed by atoms with E-state index in [1.165, 1.54) is 0 Å². The van der Waals surface area contributed by atoms with E-state index in [1.54, 1.807) is 11.9 Å². The summed E-state index contributed by atoms with van der Waals surface area (Å²) in [5, 5.41) is 16.1. The van der Waals surface area contributed by atoms with Crippen molar-refractivity contribution < 1.29 is 14.3 Å². The Bertz CT molecular complexity index is 311. The Labute approximate surface area is 81.5 Å². The molecule has 0 aromatic carbocycles. The Balaban J connectivity index is 2.47. The minimum atomic E-state index is -0.872. The van der Waals surface area contributed by atoms with Crippen molar-refractivity contribution in [3.63, 3.8) is 0 Å². The number of carboxylic acid groups (broad SMARTS) is 1. The molecule has 0 aliphatic rings. The van der Waals surface area contributed by atoms with Gasteiger partial charge in [-0.15, -0.1) is 10.2 Å². The average Bonchev–Trinajstić information content (AvgIpc) is 2.50. The quantitative estimate of drug-likeness (QED) is 0.727. The second kappa shape index (κ2) is 4.71. The van der Waals surface area contributed by atoms with Gasteiger partial charge in [0.25, 0.3) is 0 Å². The number of aliphatic carboxylic acids is 1. The predicted molar refractivity (Wildman–Crippen MR) is 47.6 cm³/mol. The van der Waals surface area contributed by atoms with E-state index in [0.29, 0.717) is 24.7 Å². The third kappa shape index (κ3) is 3.14. The monoisotopic (exact) mass is 199 g/mol. The van der Waals surface area contributed by atoms with Crippen LogP contribution in [0.4, 0.5) is 0 Å². The summed E-state index contributed by atoms with van der Waals surface area (Å²) in [6.45, 7) is 2.24. The SMILES string of the molecule is CCc1nnc(CN(C)CC(=O)O)o1. The normalized spacial score (nSPS) is 10.8. The maximum Gasteiger partial charge on any atom is 0.317 e. The van der Waals surface area contributed by atoms with Gasteiger partial charge in [-0.05, 0) is 7.05 Å². The van der Waals surface area contributed by atoms with Crippen LogP contribution in [0.1, 0.15) is 18.7 Å². The smallest absolute Gasteiger partial charge is 0.317 e. The molecule has 0 unspecified atom stereocenters. The molecule has 0 bridgehead atoms. The van der Waals surface area contributed by atoms with Crippen LogP contribution in [0, 0.1) is 0 Å². The van der Waals surface area contributed by atoms with Crippen LogP contribution in [0.5, 0.6) is 0 Å². The first-order valence-corrected chi connectivity index (χ1v) is 4.33. The fourth-order valence-electron chi connectivity index (χ4n) is 1.01. The number of hydrogen-bond donors (Lipinski definition) is 1. The second-order valence-corrected chi connectivity index (χ2v) is 3.01. The van der Waals surface area contributed by atoms with Crippen molar-refractivity contribution >= 4 is 5.97 Å². The molecule has 1 heterocycles. The zero-order valence-corrected chi connectivity index (χ0v) is 8.23. The number of rotatable bonds is 5. The van der Waals surface area contributed by atoms with Gasteiger partial charge in [0.1, 0.15) is 0 Å². The molecule has 6 nitrogen and oxygen atoms in total. The van der Waals surface area contributed by atoms with E-state index in [9.17, 15) is 4.79 Å². The zero-order valence-electron chi connectivity index (χ0n) is 8.23. The molecule has 1 rings (SSSR count). The van der Waals surface area contributed by atoms with Crippen LogP contribution in [0.25, 0.3) is 0 Å². The minimum Gasteiger partial charge on any atom is -0.480 e. The van der Waals surface area contributed by atoms with Crippen molar-refractivity contribution in [1.82, 2.24) is 15.1 Å². The van der Waals surface area contributed by atoms with Gasteiger partial charge in [-0.1, -0.05) is 6.92 Å². The van der Waals surface area contributed by atoms with Crippen molar-refractivity contribution in [2.24, 2.45) is 0 Å². The highest BCUT2D eigenvalue weighted by Gasteiger charge is 2.09. The molecular formula is C8H13N3O3. The van der Waals surface area contributed by atoms with Crippen molar-refractivity contribution in [1.29, 1.82) is 0 Å². The molecule has 0 aliphatic heterocycles. The highest BCUT2D eigenvalue weighted by Crippen LogP contribution is 2.02. The first kappa shape index (κ1) is 10.6. The van der Waals surface area contributed by atoms with Crippen LogP contribution in [0.3, 0.4) is 0 Å². The summed E-state index contributed by atoms with van der Waals surface area (Å²) in [5.41, 5.74) is 0. The van der Waals surface area contributed by atoms with Gasteiger partial charge in [0, 0.05) is 6.42 Å². The number of nitrogens with zero attached hydrogens (tertiary/aromatic N) is 3. The second-order valence-electron chi connectivity index (χ2n) is 3.01. The minimum absolute atomic E-state index is 0.0379. The number of hydrogen-bond acceptors (Lipinski definition) is 5. The van der Waals surface area contributed by atoms with Crippen LogP contribution in [0.15, 0.2) is 4.42 Å². The van der Waals surface area contributed by atoms with Crippen LogP contribution in [0.2, 0.25) is 0 Å². The molecule has 1 N–H and O–H groups in total. The summed E-state index contributed by atoms with van der Waals surface area (Å²) in [7, 11) is 1.68. The Kier molecular flexibility index (Phi) is 3.58. The standard InChI is InChI=1S/C8H13N3O3/c1-3-6-9-10-7(14-6)4-11(2)5-8(12)13/h3-5H2,1-2H3,(H,12,13). The lowest BCUT2D eigenvalue weighted by molar-refractivity contribution is -0.138. The van der Waals surface area contributed by atoms with Gasteiger partial charge in [0.05, 0.1) is 13.1 Å². The van der Waals surface area contributed by atoms with E-state index in [1.807, 2.05) is 6.92 Å². The molecule has 78 valence electrons. The lowest BCUT2D eigenvalue weighted by Gasteiger charge is -2.09. The third-order valence-corrected chi connectivity index (χ3v) is 1.62. The predicted octanol–water partition coefficient (Wildman–Crippen LogP) is 0.148. The van der Waals surface area contributed by atoms with Gasteiger partial charge >= 0.3 is 5.97 Å². The molecule has 0 fully saturated rings. The molecule has 0 aliphatic carbocycles. The van der Waals surface area contributed by atoms with E-state index in [2.05, 4.69) is 10.2 Å². The summed E-state index contributed by atoms with van der Waals surface area (Å²) in [4.78, 5) is 11.9. The van der Waals surface area contributed by atoms with Crippen molar-refractivity contribution in [3.05, 3.63) is 11.8 Å². The Morgan fingerprint density at radius 1 is 1.50 bits per heavy atom. The summed E-state index contributed by atoms with van der Waals surface area (Å²) >= 11 is 0. The van der Waals surface area contributed by atoms with Gasteiger partial charge < -0.3 is 9.52 Å². The largest absolute Gasteiger partial charge is 0.480 e. The molecule has 0 atom stereocenters. The Morgan fingerprint density at radius 3 is 2.64 bits per heavy atom. The van der Waals surface area contributed by atoms with Crippen molar-refractivity contribution in [2.45, 2.75) is 19.9 Å². The van der Waals surface area contributed by atoms with E-state index < -0.39 is 5.97 Å². The van der Waals surface area contributed by atoms with E-state index >= 15 is 0 Å². The molecule has 1 aromatic rings. The van der Waals surface area contributed by atoms with Crippen LogP contribution in [-0.4, -0.2) is 39.8 Å². The third-order valence-electron chi connectivity index (χ3n) is 1.62. The van der Waals surface area contributed by atoms with Gasteiger partial charge in [0.2, 0.25) is 11.8 Å². The number of aromatic nitrogens is 2. The fraction of sp³-hybridized carbons (Fsp3) is 0.625. The van der Waals surface area contributed by atoms with Crippen LogP contribution < -0.4 is 0 Å². The number of aryl methyl sites for hydroxylation is 1. The Morgan fingerprint density at radius 2 is 2.14 bits per heavy atom. The van der Waals surface area contributed by atoms with Crippen LogP contribution in [-0.2, 0) is 17.8 Å². The topological polar surface area (TPSA) is 79.5 Å². The summed E-state index contributed by atoms with van der Waals surface area (Å²) in [5.74, 6) is 0.150. The van der Waals surface area contributed by atoms with Gasteiger partial charge in [0.15, 0.2) is 0 Å². The fourth-order valence-corrected chi connectivity index (χ4v) is 1.01. The number of likely N-dealkylation sites (N-methyl/N-ethyl adjacent to an activating group) is 1. The number of carbonyl (C=O) groups is 1. The average molecular weight is 199 g/mol. The molecule has 0 saturated carbocycles. The van der Waals surface area contributed by atoms with Crippen molar-refractivity contribution in [2.75, 3.05) is 13.6 Å². The molecule has 1 aromatic heterocycles. The van der Waals surface area contributed by atoms with E-state index in [0.717, 1.165) is 0 Å². The molecule has 0 amide bonds. The first-order valence-electron chi connectivity index (χ1n) is 4.33. The number of carboxylic acids is 1. The highest BCUT2D eigenvalue weighted by atomic mass is 16.4. The molecule has 0 radical (unpaired) electrons. The summed E-state index contributed by atoms with van der Waals surface area (Å²) < 4.78 is 5.23. The van der Waals surface area contributed by atoms with Crippen molar-refractivity contribution in [3.8, 4) is 0 Å². The molecule has 0 saturated heterocycles. The van der Waals surface area contributed by atoms with E-state index in [4.69, 9.17) is 9.52 Å². The zero-order chi connectivity index (χ0) is 10.6. The van der Waals surface area contributed by atoms with Gasteiger partial charge in [-0.2, -0.15) is 0 Å². The maximum atomic E-state index is 10.4. The lowest BCUT2D eigenvalue weighted by atomic mass is 10.5. The molecular weight excluding hydrogens is 186 g/mol. The Hall–Kier alpha value is -1.43. The van der Waals surface area contributed by atoms with Gasteiger partial charge in [-0.3, -0.25) is 9.69 Å².